The highest BCUT2D eigenvalue weighted by Crippen LogP contribution is 2.28. The Morgan fingerprint density at radius 2 is 1.95 bits per heavy atom. The van der Waals surface area contributed by atoms with Gasteiger partial charge in [-0.1, -0.05) is 6.92 Å². The minimum atomic E-state index is 0.0865. The molecule has 0 aromatic carbocycles. The molecule has 0 spiro atoms. The van der Waals surface area contributed by atoms with Crippen molar-refractivity contribution in [3.05, 3.63) is 28.9 Å². The molecular formula is C15H21N5O2. The molecule has 7 nitrogen and oxygen atoms in total. The van der Waals surface area contributed by atoms with Crippen LogP contribution in [0.5, 0.6) is 5.88 Å². The van der Waals surface area contributed by atoms with Gasteiger partial charge >= 0.3 is 0 Å². The number of hydrogen-bond donors (Lipinski definition) is 0. The highest BCUT2D eigenvalue weighted by atomic mass is 16.5. The second kappa shape index (κ2) is 6.00. The van der Waals surface area contributed by atoms with E-state index < -0.39 is 0 Å². The Hall–Kier alpha value is -2.02. The Balaban J connectivity index is 1.59. The van der Waals surface area contributed by atoms with Crippen molar-refractivity contribution in [3.63, 3.8) is 0 Å². The van der Waals surface area contributed by atoms with Gasteiger partial charge in [-0.15, -0.1) is 10.2 Å². The highest BCUT2D eigenvalue weighted by molar-refractivity contribution is 5.34. The van der Waals surface area contributed by atoms with Crippen molar-refractivity contribution in [2.45, 2.75) is 46.3 Å². The first kappa shape index (κ1) is 14.9. The molecule has 2 aromatic heterocycles. The number of likely N-dealkylation sites (N-methyl/N-ethyl adjacent to an activating group) is 1. The van der Waals surface area contributed by atoms with Crippen LogP contribution < -0.4 is 4.74 Å². The SMILES string of the molecule is CCc1nnc(CN(C)C[C@@H]2Cc3c(C)nc(C)nc3O2)o1. The number of nitrogens with zero attached hydrogens (tertiary/aromatic N) is 5. The predicted molar refractivity (Wildman–Crippen MR) is 79.6 cm³/mol. The average molecular weight is 303 g/mol. The van der Waals surface area contributed by atoms with Gasteiger partial charge in [0.15, 0.2) is 0 Å². The summed E-state index contributed by atoms with van der Waals surface area (Å²) in [6.45, 7) is 7.28. The van der Waals surface area contributed by atoms with Crippen molar-refractivity contribution in [2.24, 2.45) is 0 Å². The maximum Gasteiger partial charge on any atom is 0.230 e. The molecule has 1 aliphatic heterocycles. The Morgan fingerprint density at radius 1 is 1.18 bits per heavy atom. The monoisotopic (exact) mass is 303 g/mol. The summed E-state index contributed by atoms with van der Waals surface area (Å²) >= 11 is 0. The molecule has 0 saturated carbocycles. The van der Waals surface area contributed by atoms with Crippen molar-refractivity contribution < 1.29 is 9.15 Å². The zero-order valence-electron chi connectivity index (χ0n) is 13.5. The maximum atomic E-state index is 5.94. The van der Waals surface area contributed by atoms with Gasteiger partial charge in [-0.3, -0.25) is 4.90 Å². The van der Waals surface area contributed by atoms with Gasteiger partial charge in [-0.25, -0.2) is 4.98 Å². The Morgan fingerprint density at radius 3 is 2.68 bits per heavy atom. The van der Waals surface area contributed by atoms with Gasteiger partial charge in [-0.2, -0.15) is 4.98 Å². The van der Waals surface area contributed by atoms with Gasteiger partial charge in [0.2, 0.25) is 17.7 Å². The molecule has 0 radical (unpaired) electrons. The zero-order chi connectivity index (χ0) is 15.7. The van der Waals surface area contributed by atoms with Crippen LogP contribution in [0.15, 0.2) is 4.42 Å². The fourth-order valence-corrected chi connectivity index (χ4v) is 2.70. The van der Waals surface area contributed by atoms with E-state index >= 15 is 0 Å². The lowest BCUT2D eigenvalue weighted by atomic mass is 10.1. The van der Waals surface area contributed by atoms with E-state index in [-0.39, 0.29) is 6.10 Å². The van der Waals surface area contributed by atoms with E-state index in [0.717, 1.165) is 42.3 Å². The van der Waals surface area contributed by atoms with Crippen LogP contribution >= 0.6 is 0 Å². The Bertz CT molecular complexity index is 670. The molecule has 3 rings (SSSR count). The second-order valence-electron chi connectivity index (χ2n) is 5.72. The Labute approximate surface area is 129 Å². The molecule has 0 amide bonds. The normalized spacial score (nSPS) is 16.9. The van der Waals surface area contributed by atoms with E-state index in [9.17, 15) is 0 Å². The topological polar surface area (TPSA) is 77.2 Å². The maximum absolute atomic E-state index is 5.94. The quantitative estimate of drug-likeness (QED) is 0.827. The number of rotatable bonds is 5. The van der Waals surface area contributed by atoms with Crippen molar-refractivity contribution in [2.75, 3.05) is 13.6 Å². The summed E-state index contributed by atoms with van der Waals surface area (Å²) in [6.07, 6.45) is 1.69. The largest absolute Gasteiger partial charge is 0.472 e. The molecule has 0 unspecified atom stereocenters. The first-order valence-corrected chi connectivity index (χ1v) is 7.55. The first-order valence-electron chi connectivity index (χ1n) is 7.55. The van der Waals surface area contributed by atoms with Crippen molar-refractivity contribution in [3.8, 4) is 5.88 Å². The third-order valence-electron chi connectivity index (χ3n) is 3.73. The first-order chi connectivity index (χ1) is 10.5. The number of fused-ring (bicyclic) bond motifs is 1. The van der Waals surface area contributed by atoms with Crippen LogP contribution in [0, 0.1) is 13.8 Å². The van der Waals surface area contributed by atoms with Crippen LogP contribution in [0.2, 0.25) is 0 Å². The molecule has 2 aromatic rings. The van der Waals surface area contributed by atoms with Crippen LogP contribution in [0.25, 0.3) is 0 Å². The van der Waals surface area contributed by atoms with Gasteiger partial charge in [0, 0.05) is 30.6 Å². The third-order valence-corrected chi connectivity index (χ3v) is 3.73. The van der Waals surface area contributed by atoms with Crippen LogP contribution in [0.3, 0.4) is 0 Å². The fourth-order valence-electron chi connectivity index (χ4n) is 2.70. The minimum absolute atomic E-state index is 0.0865. The third kappa shape index (κ3) is 3.09. The smallest absolute Gasteiger partial charge is 0.230 e. The van der Waals surface area contributed by atoms with Crippen molar-refractivity contribution in [1.82, 2.24) is 25.1 Å². The molecule has 1 aliphatic rings. The molecule has 0 saturated heterocycles. The van der Waals surface area contributed by atoms with Crippen LogP contribution in [0.4, 0.5) is 0 Å². The van der Waals surface area contributed by atoms with Gasteiger partial charge in [0.25, 0.3) is 0 Å². The van der Waals surface area contributed by atoms with Gasteiger partial charge < -0.3 is 9.15 Å². The number of aromatic nitrogens is 4. The number of ether oxygens (including phenoxy) is 1. The number of hydrogen-bond acceptors (Lipinski definition) is 7. The molecule has 0 aliphatic carbocycles. The van der Waals surface area contributed by atoms with E-state index in [2.05, 4.69) is 25.1 Å². The summed E-state index contributed by atoms with van der Waals surface area (Å²) < 4.78 is 11.5. The van der Waals surface area contributed by atoms with Crippen molar-refractivity contribution >= 4 is 0 Å². The average Bonchev–Trinajstić information content (AvgIpc) is 3.05. The second-order valence-corrected chi connectivity index (χ2v) is 5.72. The highest BCUT2D eigenvalue weighted by Gasteiger charge is 2.28. The van der Waals surface area contributed by atoms with Gasteiger partial charge in [0.05, 0.1) is 6.54 Å². The molecule has 7 heteroatoms. The molecule has 0 N–H and O–H groups in total. The lowest BCUT2D eigenvalue weighted by Gasteiger charge is -2.18. The summed E-state index contributed by atoms with van der Waals surface area (Å²) in [5.74, 6) is 2.80. The van der Waals surface area contributed by atoms with Crippen LogP contribution in [-0.2, 0) is 19.4 Å². The number of aryl methyl sites for hydroxylation is 3. The molecule has 0 fully saturated rings. The molecule has 3 heterocycles. The van der Waals surface area contributed by atoms with E-state index in [1.807, 2.05) is 27.8 Å². The fraction of sp³-hybridized carbons (Fsp3) is 0.600. The van der Waals surface area contributed by atoms with E-state index in [1.54, 1.807) is 0 Å². The summed E-state index contributed by atoms with van der Waals surface area (Å²) in [5.41, 5.74) is 2.13. The summed E-state index contributed by atoms with van der Waals surface area (Å²) in [6, 6.07) is 0. The summed E-state index contributed by atoms with van der Waals surface area (Å²) in [4.78, 5) is 10.9. The zero-order valence-corrected chi connectivity index (χ0v) is 13.5. The molecular weight excluding hydrogens is 282 g/mol. The van der Waals surface area contributed by atoms with E-state index in [0.29, 0.717) is 18.3 Å². The minimum Gasteiger partial charge on any atom is -0.472 e. The van der Waals surface area contributed by atoms with Gasteiger partial charge in [0.1, 0.15) is 11.9 Å². The standard InChI is InChI=1S/C15H21N5O2/c1-5-13-18-19-14(22-13)8-20(4)7-11-6-12-9(2)16-10(3)17-15(12)21-11/h11H,5-8H2,1-4H3/t11-/m0/s1. The Kier molecular flexibility index (Phi) is 4.06. The van der Waals surface area contributed by atoms with Crippen molar-refractivity contribution in [1.29, 1.82) is 0 Å². The molecule has 0 bridgehead atoms. The van der Waals surface area contributed by atoms with Crippen LogP contribution in [-0.4, -0.2) is 44.8 Å². The predicted octanol–water partition coefficient (Wildman–Crippen LogP) is 1.47. The van der Waals surface area contributed by atoms with E-state index in [4.69, 9.17) is 9.15 Å². The lowest BCUT2D eigenvalue weighted by molar-refractivity contribution is 0.154. The molecule has 22 heavy (non-hydrogen) atoms. The molecule has 118 valence electrons. The summed E-state index contributed by atoms with van der Waals surface area (Å²) in [5, 5.41) is 8.03. The summed E-state index contributed by atoms with van der Waals surface area (Å²) in [7, 11) is 2.02. The molecule has 1 atom stereocenters. The lowest BCUT2D eigenvalue weighted by Crippen LogP contribution is -2.31. The van der Waals surface area contributed by atoms with Gasteiger partial charge in [-0.05, 0) is 20.9 Å². The van der Waals surface area contributed by atoms with E-state index in [1.165, 1.54) is 0 Å². The van der Waals surface area contributed by atoms with Crippen LogP contribution in [0.1, 0.15) is 35.8 Å².